The molecule has 0 aromatic carbocycles. The molecule has 0 amide bonds. The Morgan fingerprint density at radius 2 is 1.78 bits per heavy atom. The van der Waals surface area contributed by atoms with Crippen LogP contribution in [0, 0.1) is 5.92 Å². The molecule has 0 saturated heterocycles. The van der Waals surface area contributed by atoms with Gasteiger partial charge in [-0.2, -0.15) is 0 Å². The third-order valence-corrected chi connectivity index (χ3v) is 1.38. The maximum Gasteiger partial charge on any atom is 0.0827 e. The van der Waals surface area contributed by atoms with E-state index in [1.807, 2.05) is 0 Å². The van der Waals surface area contributed by atoms with Crippen LogP contribution in [0.5, 0.6) is 0 Å². The van der Waals surface area contributed by atoms with Gasteiger partial charge in [-0.1, -0.05) is 13.8 Å². The van der Waals surface area contributed by atoms with Crippen molar-refractivity contribution >= 4 is 0 Å². The van der Waals surface area contributed by atoms with E-state index in [1.165, 1.54) is 0 Å². The van der Waals surface area contributed by atoms with Crippen molar-refractivity contribution in [1.29, 1.82) is 0 Å². The Morgan fingerprint density at radius 1 is 1.22 bits per heavy atom. The molecule has 0 N–H and O–H groups in total. The Hall–Kier alpha value is -0.0800. The van der Waals surface area contributed by atoms with Crippen LogP contribution in [-0.2, 0) is 9.47 Å². The summed E-state index contributed by atoms with van der Waals surface area (Å²) in [5.41, 5.74) is 0. The number of ether oxygens (including phenoxy) is 2. The van der Waals surface area contributed by atoms with Gasteiger partial charge in [0.1, 0.15) is 0 Å². The van der Waals surface area contributed by atoms with E-state index in [1.54, 1.807) is 14.2 Å². The smallest absolute Gasteiger partial charge is 0.0827 e. The molecule has 0 fully saturated rings. The summed E-state index contributed by atoms with van der Waals surface area (Å²) < 4.78 is 10.1. The lowest BCUT2D eigenvalue weighted by molar-refractivity contribution is 0.00122. The molecule has 2 nitrogen and oxygen atoms in total. The summed E-state index contributed by atoms with van der Waals surface area (Å²) in [5.74, 6) is 0.537. The second-order valence-corrected chi connectivity index (χ2v) is 2.47. The van der Waals surface area contributed by atoms with Crippen LogP contribution in [0.3, 0.4) is 0 Å². The van der Waals surface area contributed by atoms with Gasteiger partial charge in [0.2, 0.25) is 0 Å². The average Bonchev–Trinajstić information content (AvgIpc) is 1.82. The Labute approximate surface area is 57.2 Å². The van der Waals surface area contributed by atoms with Gasteiger partial charge in [0.05, 0.1) is 12.7 Å². The summed E-state index contributed by atoms with van der Waals surface area (Å²) in [7, 11) is 3.40. The van der Waals surface area contributed by atoms with Crippen LogP contribution in [0.4, 0.5) is 0 Å². The van der Waals surface area contributed by atoms with E-state index in [0.717, 1.165) is 0 Å². The minimum absolute atomic E-state index is 0.245. The van der Waals surface area contributed by atoms with Crippen LogP contribution in [0.25, 0.3) is 0 Å². The number of methoxy groups -OCH3 is 2. The molecular formula is C7H16O2. The molecule has 0 heterocycles. The lowest BCUT2D eigenvalue weighted by Crippen LogP contribution is -2.23. The molecule has 1 atom stereocenters. The van der Waals surface area contributed by atoms with E-state index in [9.17, 15) is 0 Å². The fourth-order valence-electron chi connectivity index (χ4n) is 0.697. The van der Waals surface area contributed by atoms with Crippen molar-refractivity contribution in [3.05, 3.63) is 0 Å². The SMILES string of the molecule is COC[C@@H](OC)C(C)C. The lowest BCUT2D eigenvalue weighted by Gasteiger charge is -2.17. The Morgan fingerprint density at radius 3 is 1.89 bits per heavy atom. The van der Waals surface area contributed by atoms with E-state index in [-0.39, 0.29) is 6.10 Å². The predicted octanol–water partition coefficient (Wildman–Crippen LogP) is 1.30. The first kappa shape index (κ1) is 8.92. The fraction of sp³-hybridized carbons (Fsp3) is 1.00. The van der Waals surface area contributed by atoms with Crippen molar-refractivity contribution in [3.8, 4) is 0 Å². The molecule has 0 unspecified atom stereocenters. The van der Waals surface area contributed by atoms with Crippen LogP contribution < -0.4 is 0 Å². The van der Waals surface area contributed by atoms with E-state index >= 15 is 0 Å². The zero-order valence-electron chi connectivity index (χ0n) is 6.68. The van der Waals surface area contributed by atoms with Crippen LogP contribution in [0.2, 0.25) is 0 Å². The molecule has 0 aliphatic rings. The summed E-state index contributed by atoms with van der Waals surface area (Å²) in [6.45, 7) is 4.93. The Bertz CT molecular complexity index is 61.9. The van der Waals surface area contributed by atoms with Gasteiger partial charge in [-0.25, -0.2) is 0 Å². The quantitative estimate of drug-likeness (QED) is 0.574. The van der Waals surface area contributed by atoms with Gasteiger partial charge in [-0.3, -0.25) is 0 Å². The van der Waals surface area contributed by atoms with Crippen molar-refractivity contribution in [2.75, 3.05) is 20.8 Å². The number of rotatable bonds is 4. The Balaban J connectivity index is 3.41. The van der Waals surface area contributed by atoms with Crippen LogP contribution >= 0.6 is 0 Å². The first-order chi connectivity index (χ1) is 4.22. The van der Waals surface area contributed by atoms with E-state index in [4.69, 9.17) is 9.47 Å². The molecule has 0 aromatic heterocycles. The maximum atomic E-state index is 5.13. The second kappa shape index (κ2) is 4.77. The summed E-state index contributed by atoms with van der Waals surface area (Å²) >= 11 is 0. The molecule has 0 radical (unpaired) electrons. The van der Waals surface area contributed by atoms with Gasteiger partial charge in [0, 0.05) is 14.2 Å². The van der Waals surface area contributed by atoms with Crippen LogP contribution in [0.15, 0.2) is 0 Å². The van der Waals surface area contributed by atoms with Crippen molar-refractivity contribution in [2.24, 2.45) is 5.92 Å². The van der Waals surface area contributed by atoms with Crippen molar-refractivity contribution in [2.45, 2.75) is 20.0 Å². The van der Waals surface area contributed by atoms with Crippen LogP contribution in [0.1, 0.15) is 13.8 Å². The molecule has 56 valence electrons. The van der Waals surface area contributed by atoms with Gasteiger partial charge >= 0.3 is 0 Å². The third-order valence-electron chi connectivity index (χ3n) is 1.38. The largest absolute Gasteiger partial charge is 0.382 e. The minimum Gasteiger partial charge on any atom is -0.382 e. The first-order valence-electron chi connectivity index (χ1n) is 3.24. The van der Waals surface area contributed by atoms with Gasteiger partial charge in [0.15, 0.2) is 0 Å². The fourth-order valence-corrected chi connectivity index (χ4v) is 0.697. The second-order valence-electron chi connectivity index (χ2n) is 2.47. The first-order valence-corrected chi connectivity index (χ1v) is 3.24. The molecule has 2 heteroatoms. The van der Waals surface area contributed by atoms with Gasteiger partial charge in [0.25, 0.3) is 0 Å². The van der Waals surface area contributed by atoms with Crippen molar-refractivity contribution in [1.82, 2.24) is 0 Å². The molecule has 0 aliphatic carbocycles. The summed E-state index contributed by atoms with van der Waals surface area (Å²) in [5, 5.41) is 0. The van der Waals surface area contributed by atoms with Gasteiger partial charge < -0.3 is 9.47 Å². The Kier molecular flexibility index (Phi) is 4.72. The monoisotopic (exact) mass is 132 g/mol. The summed E-state index contributed by atoms with van der Waals surface area (Å²) in [4.78, 5) is 0. The lowest BCUT2D eigenvalue weighted by atomic mass is 10.1. The highest BCUT2D eigenvalue weighted by atomic mass is 16.5. The van der Waals surface area contributed by atoms with E-state index in [0.29, 0.717) is 12.5 Å². The van der Waals surface area contributed by atoms with Crippen LogP contribution in [-0.4, -0.2) is 26.9 Å². The van der Waals surface area contributed by atoms with Gasteiger partial charge in [-0.05, 0) is 5.92 Å². The molecular weight excluding hydrogens is 116 g/mol. The minimum atomic E-state index is 0.245. The summed E-state index contributed by atoms with van der Waals surface area (Å²) in [6.07, 6.45) is 0.245. The van der Waals surface area contributed by atoms with E-state index < -0.39 is 0 Å². The zero-order chi connectivity index (χ0) is 7.28. The van der Waals surface area contributed by atoms with Gasteiger partial charge in [-0.15, -0.1) is 0 Å². The maximum absolute atomic E-state index is 5.13. The molecule has 0 aromatic rings. The highest BCUT2D eigenvalue weighted by molar-refractivity contribution is 4.59. The highest BCUT2D eigenvalue weighted by Gasteiger charge is 2.10. The predicted molar refractivity (Wildman–Crippen MR) is 37.5 cm³/mol. The highest BCUT2D eigenvalue weighted by Crippen LogP contribution is 2.04. The zero-order valence-corrected chi connectivity index (χ0v) is 6.68. The molecule has 0 rings (SSSR count). The molecule has 0 spiro atoms. The van der Waals surface area contributed by atoms with E-state index in [2.05, 4.69) is 13.8 Å². The molecule has 9 heavy (non-hydrogen) atoms. The molecule has 0 aliphatic heterocycles. The topological polar surface area (TPSA) is 18.5 Å². The third kappa shape index (κ3) is 3.49. The average molecular weight is 132 g/mol. The number of hydrogen-bond donors (Lipinski definition) is 0. The number of hydrogen-bond acceptors (Lipinski definition) is 2. The van der Waals surface area contributed by atoms with Crippen molar-refractivity contribution < 1.29 is 9.47 Å². The standard InChI is InChI=1S/C7H16O2/c1-6(2)7(9-4)5-8-3/h6-7H,5H2,1-4H3/t7-/m1/s1. The normalized spacial score (nSPS) is 14.3. The summed E-state index contributed by atoms with van der Waals surface area (Å²) in [6, 6.07) is 0. The van der Waals surface area contributed by atoms with Crippen molar-refractivity contribution in [3.63, 3.8) is 0 Å². The molecule has 0 saturated carbocycles. The molecule has 0 bridgehead atoms.